The van der Waals surface area contributed by atoms with Crippen molar-refractivity contribution in [2.24, 2.45) is 0 Å². The zero-order valence-corrected chi connectivity index (χ0v) is 19.3. The van der Waals surface area contributed by atoms with Crippen molar-refractivity contribution in [2.45, 2.75) is 44.4 Å². The maximum atomic E-state index is 13.0. The highest BCUT2D eigenvalue weighted by Crippen LogP contribution is 2.44. The van der Waals surface area contributed by atoms with Crippen molar-refractivity contribution in [1.29, 1.82) is 0 Å². The molecule has 3 atom stereocenters. The Morgan fingerprint density at radius 1 is 1.06 bits per heavy atom. The molecule has 0 saturated carbocycles. The summed E-state index contributed by atoms with van der Waals surface area (Å²) in [6.07, 6.45) is -1.22. The van der Waals surface area contributed by atoms with Crippen LogP contribution < -0.4 is 5.32 Å². The molecule has 8 heteroatoms. The molecule has 8 nitrogen and oxygen atoms in total. The van der Waals surface area contributed by atoms with Gasteiger partial charge in [-0.1, -0.05) is 55.5 Å². The van der Waals surface area contributed by atoms with Crippen LogP contribution in [0.3, 0.4) is 0 Å². The summed E-state index contributed by atoms with van der Waals surface area (Å²) in [4.78, 5) is 38.3. The first-order chi connectivity index (χ1) is 15.8. The number of methoxy groups -OCH3 is 1. The zero-order valence-electron chi connectivity index (χ0n) is 19.3. The number of carbonyl (C=O) groups is 3. The zero-order chi connectivity index (χ0) is 24.1. The molecule has 0 fully saturated rings. The predicted molar refractivity (Wildman–Crippen MR) is 123 cm³/mol. The number of fused-ring (bicyclic) bond motifs is 3. The van der Waals surface area contributed by atoms with Gasteiger partial charge in [-0.05, 0) is 35.6 Å². The third-order valence-corrected chi connectivity index (χ3v) is 6.21. The van der Waals surface area contributed by atoms with E-state index in [1.54, 1.807) is 13.8 Å². The SMILES string of the molecule is CCC(C(=O)O)N(C)C(=O)C(NC(=O)OCC1c2ccccc2-c2ccccc21)C(C)OC. The smallest absolute Gasteiger partial charge is 0.407 e. The third-order valence-electron chi connectivity index (χ3n) is 6.21. The van der Waals surface area contributed by atoms with Gasteiger partial charge < -0.3 is 24.8 Å². The summed E-state index contributed by atoms with van der Waals surface area (Å²) >= 11 is 0. The summed E-state index contributed by atoms with van der Waals surface area (Å²) in [5.74, 6) is -1.79. The minimum absolute atomic E-state index is 0.102. The summed E-state index contributed by atoms with van der Waals surface area (Å²) in [6, 6.07) is 13.9. The van der Waals surface area contributed by atoms with Gasteiger partial charge in [-0.25, -0.2) is 9.59 Å². The number of aliphatic carboxylic acids is 1. The van der Waals surface area contributed by atoms with Gasteiger partial charge in [-0.15, -0.1) is 0 Å². The lowest BCUT2D eigenvalue weighted by Crippen LogP contribution is -2.56. The molecule has 0 saturated heterocycles. The van der Waals surface area contributed by atoms with E-state index >= 15 is 0 Å². The van der Waals surface area contributed by atoms with E-state index in [-0.39, 0.29) is 18.9 Å². The van der Waals surface area contributed by atoms with Crippen LogP contribution in [0.5, 0.6) is 0 Å². The molecule has 0 bridgehead atoms. The Morgan fingerprint density at radius 2 is 1.61 bits per heavy atom. The van der Waals surface area contributed by atoms with Gasteiger partial charge in [0.25, 0.3) is 0 Å². The van der Waals surface area contributed by atoms with Crippen LogP contribution in [0.2, 0.25) is 0 Å². The summed E-state index contributed by atoms with van der Waals surface area (Å²) in [6.45, 7) is 3.41. The maximum absolute atomic E-state index is 13.0. The Kier molecular flexibility index (Phi) is 7.71. The van der Waals surface area contributed by atoms with Gasteiger partial charge in [0.1, 0.15) is 18.7 Å². The molecule has 0 radical (unpaired) electrons. The van der Waals surface area contributed by atoms with E-state index < -0.39 is 36.2 Å². The normalized spacial score (nSPS) is 15.0. The lowest BCUT2D eigenvalue weighted by atomic mass is 9.98. The summed E-state index contributed by atoms with van der Waals surface area (Å²) in [5.41, 5.74) is 4.39. The lowest BCUT2D eigenvalue weighted by Gasteiger charge is -2.30. The highest BCUT2D eigenvalue weighted by molar-refractivity contribution is 5.89. The number of hydrogen-bond donors (Lipinski definition) is 2. The Morgan fingerprint density at radius 3 is 2.09 bits per heavy atom. The first-order valence-corrected chi connectivity index (χ1v) is 10.9. The molecule has 0 aromatic heterocycles. The van der Waals surface area contributed by atoms with Crippen LogP contribution >= 0.6 is 0 Å². The monoisotopic (exact) mass is 454 g/mol. The molecule has 2 aromatic rings. The molecular weight excluding hydrogens is 424 g/mol. The van der Waals surface area contributed by atoms with E-state index in [1.807, 2.05) is 48.5 Å². The molecule has 2 N–H and O–H groups in total. The average molecular weight is 455 g/mol. The van der Waals surface area contributed by atoms with Gasteiger partial charge in [0.2, 0.25) is 5.91 Å². The molecule has 176 valence electrons. The number of likely N-dealkylation sites (N-methyl/N-ethyl adjacent to an activating group) is 1. The summed E-state index contributed by atoms with van der Waals surface area (Å²) in [5, 5.41) is 11.9. The number of ether oxygens (including phenoxy) is 2. The first kappa shape index (κ1) is 24.3. The quantitative estimate of drug-likeness (QED) is 0.603. The van der Waals surface area contributed by atoms with Crippen molar-refractivity contribution in [3.63, 3.8) is 0 Å². The molecule has 33 heavy (non-hydrogen) atoms. The van der Waals surface area contributed by atoms with E-state index in [0.29, 0.717) is 0 Å². The second kappa shape index (κ2) is 10.5. The number of alkyl carbamates (subject to hydrolysis) is 1. The van der Waals surface area contributed by atoms with Gasteiger partial charge >= 0.3 is 12.1 Å². The summed E-state index contributed by atoms with van der Waals surface area (Å²) < 4.78 is 10.8. The molecule has 0 heterocycles. The average Bonchev–Trinajstić information content (AvgIpc) is 3.14. The van der Waals surface area contributed by atoms with E-state index in [0.717, 1.165) is 27.2 Å². The number of nitrogens with one attached hydrogen (secondary N) is 1. The number of benzene rings is 2. The number of rotatable bonds is 9. The number of amides is 2. The van der Waals surface area contributed by atoms with Crippen molar-refractivity contribution in [1.82, 2.24) is 10.2 Å². The largest absolute Gasteiger partial charge is 0.480 e. The van der Waals surface area contributed by atoms with Crippen molar-refractivity contribution >= 4 is 18.0 Å². The molecule has 0 spiro atoms. The molecule has 1 aliphatic carbocycles. The van der Waals surface area contributed by atoms with E-state index in [4.69, 9.17) is 9.47 Å². The lowest BCUT2D eigenvalue weighted by molar-refractivity contribution is -0.151. The number of hydrogen-bond acceptors (Lipinski definition) is 5. The van der Waals surface area contributed by atoms with Gasteiger partial charge in [0, 0.05) is 20.1 Å². The van der Waals surface area contributed by atoms with Crippen LogP contribution in [-0.2, 0) is 19.1 Å². The second-order valence-electron chi connectivity index (χ2n) is 8.10. The van der Waals surface area contributed by atoms with Crippen LogP contribution in [0.25, 0.3) is 11.1 Å². The molecule has 1 aliphatic rings. The molecular formula is C25H30N2O6. The van der Waals surface area contributed by atoms with Crippen molar-refractivity contribution in [3.8, 4) is 11.1 Å². The number of carboxylic acid groups (broad SMARTS) is 1. The highest BCUT2D eigenvalue weighted by Gasteiger charge is 2.35. The topological polar surface area (TPSA) is 105 Å². The predicted octanol–water partition coefficient (Wildman–Crippen LogP) is 3.25. The minimum atomic E-state index is -1.11. The van der Waals surface area contributed by atoms with Crippen molar-refractivity contribution < 1.29 is 29.0 Å². The Balaban J connectivity index is 1.72. The van der Waals surface area contributed by atoms with Gasteiger partial charge in [0.15, 0.2) is 0 Å². The Labute approximate surface area is 193 Å². The Hall–Kier alpha value is -3.39. The molecule has 3 rings (SSSR count). The van der Waals surface area contributed by atoms with E-state index in [2.05, 4.69) is 5.32 Å². The fourth-order valence-electron chi connectivity index (χ4n) is 4.27. The maximum Gasteiger partial charge on any atom is 0.407 e. The van der Waals surface area contributed by atoms with Gasteiger partial charge in [-0.2, -0.15) is 0 Å². The number of nitrogens with zero attached hydrogens (tertiary/aromatic N) is 1. The second-order valence-corrected chi connectivity index (χ2v) is 8.10. The third kappa shape index (κ3) is 5.01. The fraction of sp³-hybridized carbons (Fsp3) is 0.400. The van der Waals surface area contributed by atoms with Crippen molar-refractivity contribution in [2.75, 3.05) is 20.8 Å². The van der Waals surface area contributed by atoms with Crippen LogP contribution in [-0.4, -0.2) is 66.9 Å². The molecule has 3 unspecified atom stereocenters. The fourth-order valence-corrected chi connectivity index (χ4v) is 4.27. The van der Waals surface area contributed by atoms with Crippen molar-refractivity contribution in [3.05, 3.63) is 59.7 Å². The summed E-state index contributed by atoms with van der Waals surface area (Å²) in [7, 11) is 2.82. The van der Waals surface area contributed by atoms with Crippen LogP contribution in [0.4, 0.5) is 4.79 Å². The van der Waals surface area contributed by atoms with Crippen LogP contribution in [0.15, 0.2) is 48.5 Å². The first-order valence-electron chi connectivity index (χ1n) is 10.9. The van der Waals surface area contributed by atoms with Gasteiger partial charge in [-0.3, -0.25) is 4.79 Å². The van der Waals surface area contributed by atoms with E-state index in [9.17, 15) is 19.5 Å². The highest BCUT2D eigenvalue weighted by atomic mass is 16.5. The molecule has 2 aromatic carbocycles. The minimum Gasteiger partial charge on any atom is -0.480 e. The van der Waals surface area contributed by atoms with Crippen LogP contribution in [0.1, 0.15) is 37.3 Å². The molecule has 0 aliphatic heterocycles. The number of carbonyl (C=O) groups excluding carboxylic acids is 2. The van der Waals surface area contributed by atoms with Gasteiger partial charge in [0.05, 0.1) is 6.10 Å². The molecule has 2 amide bonds. The standard InChI is InChI=1S/C25H30N2O6/c1-5-21(24(29)30)27(3)23(28)22(15(2)32-4)26-25(31)33-14-20-18-12-8-6-10-16(18)17-11-7-9-13-19(17)20/h6-13,15,20-22H,5,14H2,1-4H3,(H,26,31)(H,29,30). The van der Waals surface area contributed by atoms with E-state index in [1.165, 1.54) is 14.2 Å². The number of carboxylic acids is 1. The Bertz CT molecular complexity index is 978. The van der Waals surface area contributed by atoms with Crippen LogP contribution in [0, 0.1) is 0 Å².